The van der Waals surface area contributed by atoms with Gasteiger partial charge in [0.05, 0.1) is 12.1 Å². The molecule has 0 aliphatic heterocycles. The van der Waals surface area contributed by atoms with Crippen LogP contribution >= 0.6 is 0 Å². The molecule has 0 spiro atoms. The van der Waals surface area contributed by atoms with Crippen LogP contribution in [-0.2, 0) is 6.61 Å². The summed E-state index contributed by atoms with van der Waals surface area (Å²) in [6.45, 7) is 3.45. The van der Waals surface area contributed by atoms with Crippen LogP contribution < -0.4 is 9.47 Å². The number of hydrogen-bond acceptors (Lipinski definition) is 3. The van der Waals surface area contributed by atoms with E-state index >= 15 is 0 Å². The Morgan fingerprint density at radius 2 is 1.83 bits per heavy atom. The molecule has 0 radical (unpaired) electrons. The Morgan fingerprint density at radius 1 is 0.913 bits per heavy atom. The fourth-order valence-corrected chi connectivity index (χ4v) is 2.37. The summed E-state index contributed by atoms with van der Waals surface area (Å²) >= 11 is 0. The number of rotatable bonds is 7. The summed E-state index contributed by atoms with van der Waals surface area (Å²) in [7, 11) is 0. The predicted octanol–water partition coefficient (Wildman–Crippen LogP) is 4.99. The first-order valence-electron chi connectivity index (χ1n) is 8.04. The van der Waals surface area contributed by atoms with Gasteiger partial charge in [-0.3, -0.25) is 4.98 Å². The molecule has 0 fully saturated rings. The van der Waals surface area contributed by atoms with Gasteiger partial charge in [0.15, 0.2) is 0 Å². The molecule has 3 aromatic rings. The molecule has 0 saturated carbocycles. The minimum absolute atomic E-state index is 0.525. The average molecular weight is 307 g/mol. The highest BCUT2D eigenvalue weighted by Gasteiger charge is 2.01. The van der Waals surface area contributed by atoms with Crippen molar-refractivity contribution in [1.29, 1.82) is 0 Å². The third-order valence-electron chi connectivity index (χ3n) is 3.65. The maximum absolute atomic E-state index is 5.90. The fourth-order valence-electron chi connectivity index (χ4n) is 2.37. The average Bonchev–Trinajstić information content (AvgIpc) is 2.60. The second-order valence-corrected chi connectivity index (χ2v) is 5.50. The maximum atomic E-state index is 5.90. The second kappa shape index (κ2) is 7.63. The summed E-state index contributed by atoms with van der Waals surface area (Å²) in [4.78, 5) is 4.32. The van der Waals surface area contributed by atoms with Crippen molar-refractivity contribution in [2.45, 2.75) is 26.4 Å². The standard InChI is InChI=1S/C20H21NO2/c1-2-3-12-22-18-8-4-6-16(13-18)15-23-19-9-10-20-17(14-19)7-5-11-21-20/h4-11,13-14H,2-3,12,15H2,1H3. The summed E-state index contributed by atoms with van der Waals surface area (Å²) in [5, 5.41) is 1.08. The predicted molar refractivity (Wildman–Crippen MR) is 92.9 cm³/mol. The molecule has 0 amide bonds. The van der Waals surface area contributed by atoms with Gasteiger partial charge in [-0.1, -0.05) is 31.5 Å². The van der Waals surface area contributed by atoms with Crippen molar-refractivity contribution in [2.75, 3.05) is 6.61 Å². The molecule has 118 valence electrons. The largest absolute Gasteiger partial charge is 0.494 e. The molecule has 0 bridgehead atoms. The normalized spacial score (nSPS) is 10.7. The molecule has 3 rings (SSSR count). The van der Waals surface area contributed by atoms with E-state index in [-0.39, 0.29) is 0 Å². The number of fused-ring (bicyclic) bond motifs is 1. The zero-order valence-electron chi connectivity index (χ0n) is 13.4. The Balaban J connectivity index is 1.63. The van der Waals surface area contributed by atoms with Crippen LogP contribution in [0.4, 0.5) is 0 Å². The first-order valence-corrected chi connectivity index (χ1v) is 8.04. The van der Waals surface area contributed by atoms with Gasteiger partial charge in [0, 0.05) is 11.6 Å². The fraction of sp³-hybridized carbons (Fsp3) is 0.250. The molecule has 0 atom stereocenters. The highest BCUT2D eigenvalue weighted by molar-refractivity contribution is 5.79. The van der Waals surface area contributed by atoms with E-state index in [9.17, 15) is 0 Å². The van der Waals surface area contributed by atoms with Crippen LogP contribution in [0.2, 0.25) is 0 Å². The van der Waals surface area contributed by atoms with Crippen molar-refractivity contribution in [3.05, 3.63) is 66.4 Å². The van der Waals surface area contributed by atoms with E-state index < -0.39 is 0 Å². The van der Waals surface area contributed by atoms with Crippen LogP contribution in [-0.4, -0.2) is 11.6 Å². The molecule has 23 heavy (non-hydrogen) atoms. The Kier molecular flexibility index (Phi) is 5.09. The monoisotopic (exact) mass is 307 g/mol. The minimum atomic E-state index is 0.525. The van der Waals surface area contributed by atoms with Gasteiger partial charge in [-0.25, -0.2) is 0 Å². The summed E-state index contributed by atoms with van der Waals surface area (Å²) < 4.78 is 11.6. The lowest BCUT2D eigenvalue weighted by Gasteiger charge is -2.09. The first-order chi connectivity index (χ1) is 11.3. The van der Waals surface area contributed by atoms with Crippen LogP contribution in [0.3, 0.4) is 0 Å². The molecule has 0 N–H and O–H groups in total. The summed E-state index contributed by atoms with van der Waals surface area (Å²) in [6.07, 6.45) is 4.01. The van der Waals surface area contributed by atoms with Gasteiger partial charge >= 0.3 is 0 Å². The highest BCUT2D eigenvalue weighted by Crippen LogP contribution is 2.21. The van der Waals surface area contributed by atoms with Crippen molar-refractivity contribution in [3.8, 4) is 11.5 Å². The molecule has 0 aliphatic rings. The first kappa shape index (κ1) is 15.3. The lowest BCUT2D eigenvalue weighted by molar-refractivity contribution is 0.298. The number of nitrogens with zero attached hydrogens (tertiary/aromatic N) is 1. The lowest BCUT2D eigenvalue weighted by Crippen LogP contribution is -1.99. The van der Waals surface area contributed by atoms with E-state index in [1.807, 2.05) is 48.5 Å². The van der Waals surface area contributed by atoms with Crippen LogP contribution in [0, 0.1) is 0 Å². The van der Waals surface area contributed by atoms with Crippen molar-refractivity contribution in [2.24, 2.45) is 0 Å². The highest BCUT2D eigenvalue weighted by atomic mass is 16.5. The number of hydrogen-bond donors (Lipinski definition) is 0. The van der Waals surface area contributed by atoms with Crippen molar-refractivity contribution >= 4 is 10.9 Å². The number of pyridine rings is 1. The summed E-state index contributed by atoms with van der Waals surface area (Å²) in [5.41, 5.74) is 2.08. The Bertz CT molecular complexity index is 770. The number of aromatic nitrogens is 1. The van der Waals surface area contributed by atoms with Gasteiger partial charge in [-0.05, 0) is 48.4 Å². The van der Waals surface area contributed by atoms with E-state index in [1.54, 1.807) is 6.20 Å². The molecule has 0 saturated heterocycles. The third kappa shape index (κ3) is 4.22. The minimum Gasteiger partial charge on any atom is -0.494 e. The smallest absolute Gasteiger partial charge is 0.120 e. The van der Waals surface area contributed by atoms with E-state index in [0.717, 1.165) is 47.4 Å². The molecule has 1 heterocycles. The third-order valence-corrected chi connectivity index (χ3v) is 3.65. The molecular formula is C20H21NO2. The number of benzene rings is 2. The van der Waals surface area contributed by atoms with Crippen molar-refractivity contribution < 1.29 is 9.47 Å². The van der Waals surface area contributed by atoms with Crippen LogP contribution in [0.15, 0.2) is 60.8 Å². The number of ether oxygens (including phenoxy) is 2. The molecular weight excluding hydrogens is 286 g/mol. The van der Waals surface area contributed by atoms with Crippen molar-refractivity contribution in [3.63, 3.8) is 0 Å². The Labute approximate surface area is 136 Å². The molecule has 0 unspecified atom stereocenters. The quantitative estimate of drug-likeness (QED) is 0.576. The second-order valence-electron chi connectivity index (χ2n) is 5.50. The molecule has 3 nitrogen and oxygen atoms in total. The number of unbranched alkanes of at least 4 members (excludes halogenated alkanes) is 1. The zero-order chi connectivity index (χ0) is 15.9. The molecule has 3 heteroatoms. The van der Waals surface area contributed by atoms with Gasteiger partial charge in [-0.2, -0.15) is 0 Å². The Hall–Kier alpha value is -2.55. The zero-order valence-corrected chi connectivity index (χ0v) is 13.4. The van der Waals surface area contributed by atoms with Gasteiger partial charge in [0.2, 0.25) is 0 Å². The topological polar surface area (TPSA) is 31.4 Å². The van der Waals surface area contributed by atoms with E-state index in [1.165, 1.54) is 0 Å². The van der Waals surface area contributed by atoms with E-state index in [0.29, 0.717) is 6.61 Å². The summed E-state index contributed by atoms with van der Waals surface area (Å²) in [6, 6.07) is 18.0. The maximum Gasteiger partial charge on any atom is 0.120 e. The SMILES string of the molecule is CCCCOc1cccc(COc2ccc3ncccc3c2)c1. The molecule has 1 aromatic heterocycles. The van der Waals surface area contributed by atoms with Crippen LogP contribution in [0.25, 0.3) is 10.9 Å². The Morgan fingerprint density at radius 3 is 2.74 bits per heavy atom. The summed E-state index contributed by atoms with van der Waals surface area (Å²) in [5.74, 6) is 1.75. The van der Waals surface area contributed by atoms with Gasteiger partial charge in [-0.15, -0.1) is 0 Å². The van der Waals surface area contributed by atoms with Crippen LogP contribution in [0.1, 0.15) is 25.3 Å². The van der Waals surface area contributed by atoms with Gasteiger partial charge < -0.3 is 9.47 Å². The lowest BCUT2D eigenvalue weighted by atomic mass is 10.2. The molecule has 0 aliphatic carbocycles. The van der Waals surface area contributed by atoms with Crippen LogP contribution in [0.5, 0.6) is 11.5 Å². The molecule has 2 aromatic carbocycles. The van der Waals surface area contributed by atoms with Crippen molar-refractivity contribution in [1.82, 2.24) is 4.98 Å². The van der Waals surface area contributed by atoms with E-state index in [4.69, 9.17) is 9.47 Å². The van der Waals surface area contributed by atoms with E-state index in [2.05, 4.69) is 18.0 Å². The van der Waals surface area contributed by atoms with Gasteiger partial charge in [0.25, 0.3) is 0 Å². The van der Waals surface area contributed by atoms with Gasteiger partial charge in [0.1, 0.15) is 18.1 Å².